The molecule has 1 rings (SSSR count). The molecule has 0 aliphatic rings. The van der Waals surface area contributed by atoms with Gasteiger partial charge < -0.3 is 19.7 Å². The predicted molar refractivity (Wildman–Crippen MR) is 59.8 cm³/mol. The van der Waals surface area contributed by atoms with Crippen molar-refractivity contribution in [2.24, 2.45) is 0 Å². The Morgan fingerprint density at radius 3 is 2.35 bits per heavy atom. The van der Waals surface area contributed by atoms with E-state index in [2.05, 4.69) is 15.9 Å². The first-order chi connectivity index (χ1) is 7.93. The largest absolute Gasteiger partial charge is 0.493 e. The third-order valence-electron chi connectivity index (χ3n) is 2.10. The van der Waals surface area contributed by atoms with Crippen LogP contribution in [0.5, 0.6) is 11.5 Å². The standard InChI is InChI=1S/C10H10BrFO5/c1-16-8-4(7(13)10(14)15)3-5(11)9(17-2)6(8)12/h3,7,13H,1-2H3,(H,14,15). The normalized spacial score (nSPS) is 12.1. The molecule has 0 heterocycles. The van der Waals surface area contributed by atoms with Gasteiger partial charge in [0.25, 0.3) is 0 Å². The van der Waals surface area contributed by atoms with Gasteiger partial charge in [-0.1, -0.05) is 0 Å². The summed E-state index contributed by atoms with van der Waals surface area (Å²) in [5, 5.41) is 18.1. The van der Waals surface area contributed by atoms with Gasteiger partial charge in [0.2, 0.25) is 5.82 Å². The van der Waals surface area contributed by atoms with Gasteiger partial charge in [-0.2, -0.15) is 4.39 Å². The Bertz CT molecular complexity index is 449. The van der Waals surface area contributed by atoms with E-state index in [-0.39, 0.29) is 21.5 Å². The number of hydrogen-bond donors (Lipinski definition) is 2. The molecule has 0 radical (unpaired) electrons. The monoisotopic (exact) mass is 308 g/mol. The fraction of sp³-hybridized carbons (Fsp3) is 0.300. The molecule has 1 aromatic carbocycles. The predicted octanol–water partition coefficient (Wildman–Crippen LogP) is 1.72. The van der Waals surface area contributed by atoms with Gasteiger partial charge in [0.1, 0.15) is 0 Å². The topological polar surface area (TPSA) is 76.0 Å². The van der Waals surface area contributed by atoms with E-state index in [0.717, 1.165) is 0 Å². The van der Waals surface area contributed by atoms with Crippen molar-refractivity contribution in [1.82, 2.24) is 0 Å². The van der Waals surface area contributed by atoms with Crippen LogP contribution in [-0.4, -0.2) is 30.4 Å². The van der Waals surface area contributed by atoms with Gasteiger partial charge in [-0.25, -0.2) is 4.79 Å². The van der Waals surface area contributed by atoms with Crippen molar-refractivity contribution in [3.8, 4) is 11.5 Å². The number of carboxylic acids is 1. The van der Waals surface area contributed by atoms with Gasteiger partial charge in [0, 0.05) is 5.56 Å². The number of rotatable bonds is 4. The minimum absolute atomic E-state index is 0.122. The highest BCUT2D eigenvalue weighted by Gasteiger charge is 2.26. The van der Waals surface area contributed by atoms with Gasteiger partial charge in [0.05, 0.1) is 18.7 Å². The highest BCUT2D eigenvalue weighted by atomic mass is 79.9. The second-order valence-corrected chi connectivity index (χ2v) is 3.92. The maximum absolute atomic E-state index is 13.8. The van der Waals surface area contributed by atoms with Crippen LogP contribution in [0.3, 0.4) is 0 Å². The number of carboxylic acid groups (broad SMARTS) is 1. The summed E-state index contributed by atoms with van der Waals surface area (Å²) in [6.07, 6.45) is -1.87. The highest BCUT2D eigenvalue weighted by Crippen LogP contribution is 2.39. The Morgan fingerprint density at radius 2 is 1.94 bits per heavy atom. The Kier molecular flexibility index (Phi) is 4.30. The van der Waals surface area contributed by atoms with Gasteiger partial charge in [-0.15, -0.1) is 0 Å². The van der Waals surface area contributed by atoms with E-state index in [4.69, 9.17) is 14.6 Å². The molecule has 94 valence electrons. The molecule has 0 saturated carbocycles. The Hall–Kier alpha value is -1.34. The summed E-state index contributed by atoms with van der Waals surface area (Å²) in [5.74, 6) is -2.86. The van der Waals surface area contributed by atoms with Gasteiger partial charge >= 0.3 is 5.97 Å². The molecule has 0 fully saturated rings. The van der Waals surface area contributed by atoms with E-state index in [1.165, 1.54) is 20.3 Å². The minimum atomic E-state index is -1.87. The number of hydrogen-bond acceptors (Lipinski definition) is 4. The first-order valence-corrected chi connectivity index (χ1v) is 5.24. The molecule has 0 saturated heterocycles. The maximum Gasteiger partial charge on any atom is 0.337 e. The second kappa shape index (κ2) is 5.33. The Labute approximate surface area is 105 Å². The molecule has 1 unspecified atom stereocenters. The zero-order chi connectivity index (χ0) is 13.2. The molecule has 1 aromatic rings. The maximum atomic E-state index is 13.8. The summed E-state index contributed by atoms with van der Waals surface area (Å²) in [7, 11) is 2.43. The molecule has 7 heteroatoms. The van der Waals surface area contributed by atoms with E-state index in [9.17, 15) is 14.3 Å². The second-order valence-electron chi connectivity index (χ2n) is 3.07. The van der Waals surface area contributed by atoms with Crippen LogP contribution in [0.15, 0.2) is 10.5 Å². The van der Waals surface area contributed by atoms with Gasteiger partial charge in [-0.3, -0.25) is 0 Å². The van der Waals surface area contributed by atoms with Crippen molar-refractivity contribution < 1.29 is 28.9 Å². The van der Waals surface area contributed by atoms with Crippen molar-refractivity contribution in [2.45, 2.75) is 6.10 Å². The Morgan fingerprint density at radius 1 is 1.41 bits per heavy atom. The van der Waals surface area contributed by atoms with E-state index in [0.29, 0.717) is 0 Å². The zero-order valence-electron chi connectivity index (χ0n) is 9.03. The smallest absolute Gasteiger partial charge is 0.337 e. The van der Waals surface area contributed by atoms with Crippen molar-refractivity contribution in [1.29, 1.82) is 0 Å². The van der Waals surface area contributed by atoms with Crippen LogP contribution < -0.4 is 9.47 Å². The average molecular weight is 309 g/mol. The molecule has 0 bridgehead atoms. The highest BCUT2D eigenvalue weighted by molar-refractivity contribution is 9.10. The van der Waals surface area contributed by atoms with Crippen LogP contribution in [0.4, 0.5) is 4.39 Å². The number of benzene rings is 1. The van der Waals surface area contributed by atoms with Gasteiger partial charge in [-0.05, 0) is 22.0 Å². The third kappa shape index (κ3) is 2.50. The summed E-state index contributed by atoms with van der Waals surface area (Å²) in [4.78, 5) is 10.7. The van der Waals surface area contributed by atoms with Crippen LogP contribution in [-0.2, 0) is 4.79 Å². The lowest BCUT2D eigenvalue weighted by atomic mass is 10.1. The summed E-state index contributed by atoms with van der Waals surface area (Å²) in [5.41, 5.74) is -0.190. The number of halogens is 2. The summed E-state index contributed by atoms with van der Waals surface area (Å²) < 4.78 is 23.6. The third-order valence-corrected chi connectivity index (χ3v) is 2.69. The molecular weight excluding hydrogens is 299 g/mol. The summed E-state index contributed by atoms with van der Waals surface area (Å²) in [6.45, 7) is 0. The SMILES string of the molecule is COc1c(Br)cc(C(O)C(=O)O)c(OC)c1F. The van der Waals surface area contributed by atoms with E-state index in [1.807, 2.05) is 0 Å². The number of aliphatic hydroxyl groups excluding tert-OH is 1. The molecule has 17 heavy (non-hydrogen) atoms. The van der Waals surface area contributed by atoms with Crippen LogP contribution >= 0.6 is 15.9 Å². The summed E-state index contributed by atoms with van der Waals surface area (Å²) in [6, 6.07) is 1.24. The molecule has 0 amide bonds. The molecular formula is C10H10BrFO5. The first kappa shape index (κ1) is 13.7. The lowest BCUT2D eigenvalue weighted by molar-refractivity contribution is -0.147. The molecule has 1 atom stereocenters. The number of methoxy groups -OCH3 is 2. The number of aliphatic carboxylic acids is 1. The van der Waals surface area contributed by atoms with Crippen LogP contribution in [0.2, 0.25) is 0 Å². The lowest BCUT2D eigenvalue weighted by Crippen LogP contribution is -2.13. The Balaban J connectivity index is 3.46. The molecule has 0 aromatic heterocycles. The summed E-state index contributed by atoms with van der Waals surface area (Å²) >= 11 is 3.01. The van der Waals surface area contributed by atoms with Crippen LogP contribution in [0.1, 0.15) is 11.7 Å². The first-order valence-electron chi connectivity index (χ1n) is 4.44. The van der Waals surface area contributed by atoms with E-state index in [1.54, 1.807) is 0 Å². The fourth-order valence-electron chi connectivity index (χ4n) is 1.33. The van der Waals surface area contributed by atoms with E-state index < -0.39 is 17.9 Å². The molecule has 0 aliphatic carbocycles. The molecule has 2 N–H and O–H groups in total. The van der Waals surface area contributed by atoms with Crippen LogP contribution in [0.25, 0.3) is 0 Å². The zero-order valence-corrected chi connectivity index (χ0v) is 10.6. The van der Waals surface area contributed by atoms with Crippen molar-refractivity contribution in [3.05, 3.63) is 21.9 Å². The minimum Gasteiger partial charge on any atom is -0.493 e. The fourth-order valence-corrected chi connectivity index (χ4v) is 1.92. The van der Waals surface area contributed by atoms with Crippen molar-refractivity contribution in [3.63, 3.8) is 0 Å². The average Bonchev–Trinajstić information content (AvgIpc) is 2.27. The molecule has 0 aliphatic heterocycles. The van der Waals surface area contributed by atoms with Crippen molar-refractivity contribution in [2.75, 3.05) is 14.2 Å². The lowest BCUT2D eigenvalue weighted by Gasteiger charge is -2.15. The number of ether oxygens (including phenoxy) is 2. The quantitative estimate of drug-likeness (QED) is 0.886. The molecule has 0 spiro atoms. The van der Waals surface area contributed by atoms with Gasteiger partial charge in [0.15, 0.2) is 17.6 Å². The van der Waals surface area contributed by atoms with Crippen molar-refractivity contribution >= 4 is 21.9 Å². The molecule has 5 nitrogen and oxygen atoms in total. The van der Waals surface area contributed by atoms with E-state index >= 15 is 0 Å². The van der Waals surface area contributed by atoms with Crippen LogP contribution in [0, 0.1) is 5.82 Å². The number of carbonyl (C=O) groups is 1. The number of aliphatic hydroxyl groups is 1.